The van der Waals surface area contributed by atoms with E-state index in [1.165, 1.54) is 0 Å². The number of anilines is 1. The second kappa shape index (κ2) is 7.71. The summed E-state index contributed by atoms with van der Waals surface area (Å²) in [5.41, 5.74) is 2.29. The van der Waals surface area contributed by atoms with E-state index in [0.29, 0.717) is 12.2 Å². The quantitative estimate of drug-likeness (QED) is 0.557. The van der Waals surface area contributed by atoms with Crippen molar-refractivity contribution in [3.8, 4) is 0 Å². The molecule has 0 aromatic heterocycles. The smallest absolute Gasteiger partial charge is 0.256 e. The number of nitrogens with one attached hydrogen (secondary N) is 1. The normalized spacial score (nSPS) is 10.5. The Morgan fingerprint density at radius 1 is 1.29 bits per heavy atom. The van der Waals surface area contributed by atoms with Gasteiger partial charge in [-0.15, -0.1) is 0 Å². The molecule has 0 atom stereocenters. The summed E-state index contributed by atoms with van der Waals surface area (Å²) in [5.74, 6) is -0.142. The van der Waals surface area contributed by atoms with Crippen LogP contribution in [-0.2, 0) is 11.3 Å². The molecular formula is C15H12Br2INO2. The van der Waals surface area contributed by atoms with Crippen LogP contribution in [-0.4, -0.2) is 13.0 Å². The van der Waals surface area contributed by atoms with Gasteiger partial charge in [-0.05, 0) is 52.9 Å². The molecule has 0 saturated heterocycles. The average Bonchev–Trinajstić information content (AvgIpc) is 2.45. The van der Waals surface area contributed by atoms with Crippen LogP contribution in [0.15, 0.2) is 45.3 Å². The van der Waals surface area contributed by atoms with E-state index < -0.39 is 0 Å². The van der Waals surface area contributed by atoms with Gasteiger partial charge in [0, 0.05) is 30.9 Å². The summed E-state index contributed by atoms with van der Waals surface area (Å²) < 4.78 is 7.87. The highest BCUT2D eigenvalue weighted by Gasteiger charge is 2.14. The van der Waals surface area contributed by atoms with Gasteiger partial charge in [0.05, 0.1) is 12.2 Å². The molecule has 1 N–H and O–H groups in total. The first-order chi connectivity index (χ1) is 10.0. The number of halogens is 3. The molecule has 0 unspecified atom stereocenters. The minimum atomic E-state index is -0.142. The summed E-state index contributed by atoms with van der Waals surface area (Å²) in [6, 6.07) is 11.3. The maximum absolute atomic E-state index is 12.5. The third-order valence-corrected chi connectivity index (χ3v) is 5.01. The fourth-order valence-electron chi connectivity index (χ4n) is 1.83. The van der Waals surface area contributed by atoms with Gasteiger partial charge >= 0.3 is 0 Å². The zero-order valence-electron chi connectivity index (χ0n) is 11.1. The average molecular weight is 525 g/mol. The Kier molecular flexibility index (Phi) is 6.21. The molecule has 2 rings (SSSR count). The van der Waals surface area contributed by atoms with Crippen molar-refractivity contribution in [3.05, 3.63) is 60.0 Å². The van der Waals surface area contributed by atoms with Gasteiger partial charge in [-0.1, -0.05) is 37.9 Å². The number of rotatable bonds is 4. The molecule has 110 valence electrons. The molecule has 3 nitrogen and oxygen atoms in total. The summed E-state index contributed by atoms with van der Waals surface area (Å²) in [5, 5.41) is 2.95. The van der Waals surface area contributed by atoms with E-state index in [1.54, 1.807) is 7.11 Å². The molecule has 2 aromatic rings. The Labute approximate surface area is 153 Å². The first-order valence-electron chi connectivity index (χ1n) is 6.05. The lowest BCUT2D eigenvalue weighted by atomic mass is 10.1. The van der Waals surface area contributed by atoms with Crippen molar-refractivity contribution in [2.75, 3.05) is 12.4 Å². The predicted molar refractivity (Wildman–Crippen MR) is 99.7 cm³/mol. The third-order valence-electron chi connectivity index (χ3n) is 2.83. The van der Waals surface area contributed by atoms with Crippen LogP contribution in [0.25, 0.3) is 0 Å². The summed E-state index contributed by atoms with van der Waals surface area (Å²) >= 11 is 9.02. The third kappa shape index (κ3) is 4.28. The highest BCUT2D eigenvalue weighted by Crippen LogP contribution is 2.27. The molecule has 6 heteroatoms. The number of methoxy groups -OCH3 is 1. The van der Waals surface area contributed by atoms with Crippen LogP contribution in [0.1, 0.15) is 15.9 Å². The Morgan fingerprint density at radius 2 is 2.05 bits per heavy atom. The molecule has 1 amide bonds. The molecule has 0 fully saturated rings. The molecule has 21 heavy (non-hydrogen) atoms. The molecule has 0 radical (unpaired) electrons. The van der Waals surface area contributed by atoms with E-state index in [4.69, 9.17) is 4.74 Å². The first-order valence-corrected chi connectivity index (χ1v) is 8.72. The van der Waals surface area contributed by atoms with Crippen LogP contribution in [0, 0.1) is 3.57 Å². The highest BCUT2D eigenvalue weighted by atomic mass is 127. The molecule has 0 saturated carbocycles. The van der Waals surface area contributed by atoms with Crippen LogP contribution in [0.3, 0.4) is 0 Å². The van der Waals surface area contributed by atoms with E-state index in [1.807, 2.05) is 36.4 Å². The molecule has 0 aliphatic carbocycles. The maximum atomic E-state index is 12.5. The molecule has 0 heterocycles. The first kappa shape index (κ1) is 16.9. The van der Waals surface area contributed by atoms with Gasteiger partial charge in [-0.25, -0.2) is 0 Å². The Balaban J connectivity index is 2.31. The standard InChI is InChI=1S/C15H12Br2INO2/c1-21-8-11-12(17)3-2-4-14(11)19-15(20)10-7-9(16)5-6-13(10)18/h2-7H,8H2,1H3,(H,19,20). The van der Waals surface area contributed by atoms with Gasteiger partial charge in [-0.3, -0.25) is 4.79 Å². The van der Waals surface area contributed by atoms with Crippen LogP contribution in [0.4, 0.5) is 5.69 Å². The van der Waals surface area contributed by atoms with Gasteiger partial charge in [0.2, 0.25) is 0 Å². The largest absolute Gasteiger partial charge is 0.380 e. The van der Waals surface area contributed by atoms with Gasteiger partial charge in [0.25, 0.3) is 5.91 Å². The summed E-state index contributed by atoms with van der Waals surface area (Å²) in [6.07, 6.45) is 0. The Bertz CT molecular complexity index is 677. The fourth-order valence-corrected chi connectivity index (χ4v) is 3.25. The van der Waals surface area contributed by atoms with Gasteiger partial charge < -0.3 is 10.1 Å². The van der Waals surface area contributed by atoms with Crippen molar-refractivity contribution in [3.63, 3.8) is 0 Å². The van der Waals surface area contributed by atoms with Gasteiger partial charge in [0.15, 0.2) is 0 Å². The number of hydrogen-bond acceptors (Lipinski definition) is 2. The van der Waals surface area contributed by atoms with Crippen molar-refractivity contribution >= 4 is 66.0 Å². The van der Waals surface area contributed by atoms with E-state index >= 15 is 0 Å². The summed E-state index contributed by atoms with van der Waals surface area (Å²) in [6.45, 7) is 0.423. The van der Waals surface area contributed by atoms with Crippen LogP contribution < -0.4 is 5.32 Å². The Hall–Kier alpha value is -0.440. The second-order valence-corrected chi connectivity index (χ2v) is 7.21. The van der Waals surface area contributed by atoms with Crippen molar-refractivity contribution < 1.29 is 9.53 Å². The zero-order valence-corrected chi connectivity index (χ0v) is 16.5. The van der Waals surface area contributed by atoms with Crippen molar-refractivity contribution in [2.24, 2.45) is 0 Å². The number of hydrogen-bond donors (Lipinski definition) is 1. The number of ether oxygens (including phenoxy) is 1. The van der Waals surface area contributed by atoms with E-state index in [-0.39, 0.29) is 5.91 Å². The SMILES string of the molecule is COCc1c(Br)cccc1NC(=O)c1cc(Br)ccc1I. The fraction of sp³-hybridized carbons (Fsp3) is 0.133. The van der Waals surface area contributed by atoms with Crippen molar-refractivity contribution in [1.29, 1.82) is 0 Å². The van der Waals surface area contributed by atoms with Gasteiger partial charge in [0.1, 0.15) is 0 Å². The van der Waals surface area contributed by atoms with E-state index in [0.717, 1.165) is 23.8 Å². The van der Waals surface area contributed by atoms with Crippen LogP contribution in [0.2, 0.25) is 0 Å². The number of carbonyl (C=O) groups excluding carboxylic acids is 1. The molecule has 2 aromatic carbocycles. The molecule has 0 bridgehead atoms. The molecular weight excluding hydrogens is 513 g/mol. The van der Waals surface area contributed by atoms with E-state index in [9.17, 15) is 4.79 Å². The lowest BCUT2D eigenvalue weighted by Crippen LogP contribution is -2.15. The van der Waals surface area contributed by atoms with E-state index in [2.05, 4.69) is 59.8 Å². The second-order valence-electron chi connectivity index (χ2n) is 4.28. The minimum absolute atomic E-state index is 0.142. The van der Waals surface area contributed by atoms with Crippen LogP contribution >= 0.6 is 54.5 Å². The lowest BCUT2D eigenvalue weighted by Gasteiger charge is -2.13. The van der Waals surface area contributed by atoms with Crippen molar-refractivity contribution in [1.82, 2.24) is 0 Å². The maximum Gasteiger partial charge on any atom is 0.256 e. The minimum Gasteiger partial charge on any atom is -0.380 e. The molecule has 0 aliphatic heterocycles. The van der Waals surface area contributed by atoms with Crippen molar-refractivity contribution in [2.45, 2.75) is 6.61 Å². The summed E-state index contributed by atoms with van der Waals surface area (Å²) in [4.78, 5) is 12.5. The Morgan fingerprint density at radius 3 is 2.76 bits per heavy atom. The number of amides is 1. The zero-order chi connectivity index (χ0) is 15.4. The van der Waals surface area contributed by atoms with Crippen LogP contribution in [0.5, 0.6) is 0 Å². The lowest BCUT2D eigenvalue weighted by molar-refractivity contribution is 0.102. The molecule has 0 spiro atoms. The summed E-state index contributed by atoms with van der Waals surface area (Å²) in [7, 11) is 1.63. The monoisotopic (exact) mass is 523 g/mol. The van der Waals surface area contributed by atoms with Gasteiger partial charge in [-0.2, -0.15) is 0 Å². The molecule has 0 aliphatic rings. The number of benzene rings is 2. The highest BCUT2D eigenvalue weighted by molar-refractivity contribution is 14.1. The predicted octanol–water partition coefficient (Wildman–Crippen LogP) is 5.21. The topological polar surface area (TPSA) is 38.3 Å². The number of carbonyl (C=O) groups is 1.